The number of nitrogens with two attached hydrogens (primary N) is 1. The Balaban J connectivity index is 3.04. The summed E-state index contributed by atoms with van der Waals surface area (Å²) in [6.07, 6.45) is -0.297. The molecule has 0 spiro atoms. The first-order valence-corrected chi connectivity index (χ1v) is 4.86. The van der Waals surface area contributed by atoms with Gasteiger partial charge in [0.2, 0.25) is 0 Å². The molecule has 7 nitrogen and oxygen atoms in total. The van der Waals surface area contributed by atoms with Gasteiger partial charge in [0.25, 0.3) is 5.91 Å². The lowest BCUT2D eigenvalue weighted by Crippen LogP contribution is -2.18. The van der Waals surface area contributed by atoms with Crippen molar-refractivity contribution >= 4 is 5.91 Å². The van der Waals surface area contributed by atoms with Crippen molar-refractivity contribution in [3.63, 3.8) is 0 Å². The minimum absolute atomic E-state index is 0.144. The van der Waals surface area contributed by atoms with E-state index in [1.54, 1.807) is 25.8 Å². The highest BCUT2D eigenvalue weighted by Gasteiger charge is 2.22. The first-order chi connectivity index (χ1) is 7.61. The highest BCUT2D eigenvalue weighted by Crippen LogP contribution is 2.18. The Kier molecular flexibility index (Phi) is 4.39. The summed E-state index contributed by atoms with van der Waals surface area (Å²) in [5.41, 5.74) is 5.93. The van der Waals surface area contributed by atoms with Gasteiger partial charge in [-0.1, -0.05) is 5.21 Å². The first kappa shape index (κ1) is 12.6. The number of carbonyl (C=O) groups excluding carboxylic acids is 1. The van der Waals surface area contributed by atoms with Gasteiger partial charge < -0.3 is 15.2 Å². The molecule has 0 aliphatic heterocycles. The van der Waals surface area contributed by atoms with E-state index in [1.807, 2.05) is 0 Å². The van der Waals surface area contributed by atoms with E-state index in [9.17, 15) is 4.79 Å². The van der Waals surface area contributed by atoms with Gasteiger partial charge in [-0.3, -0.25) is 4.79 Å². The maximum Gasteiger partial charge on any atom is 0.271 e. The van der Waals surface area contributed by atoms with Crippen molar-refractivity contribution in [3.8, 4) is 0 Å². The van der Waals surface area contributed by atoms with Crippen LogP contribution in [0.5, 0.6) is 0 Å². The quantitative estimate of drug-likeness (QED) is 0.723. The fraction of sp³-hybridized carbons (Fsp3) is 0.667. The number of aromatic nitrogens is 3. The van der Waals surface area contributed by atoms with E-state index in [4.69, 9.17) is 15.2 Å². The van der Waals surface area contributed by atoms with Gasteiger partial charge in [0.05, 0.1) is 19.3 Å². The van der Waals surface area contributed by atoms with Gasteiger partial charge in [-0.25, -0.2) is 4.68 Å². The SMILES string of the molecule is COCCn1nnc(C(N)=O)c1C(C)OC. The number of methoxy groups -OCH3 is 2. The van der Waals surface area contributed by atoms with E-state index < -0.39 is 5.91 Å². The fourth-order valence-corrected chi connectivity index (χ4v) is 1.35. The van der Waals surface area contributed by atoms with Crippen LogP contribution in [0.3, 0.4) is 0 Å². The van der Waals surface area contributed by atoms with Crippen molar-refractivity contribution in [3.05, 3.63) is 11.4 Å². The minimum atomic E-state index is -0.609. The molecule has 1 rings (SSSR count). The van der Waals surface area contributed by atoms with Crippen molar-refractivity contribution in [2.45, 2.75) is 19.6 Å². The predicted octanol–water partition coefficient (Wildman–Crippen LogP) is -0.269. The normalized spacial score (nSPS) is 12.7. The average molecular weight is 228 g/mol. The topological polar surface area (TPSA) is 92.3 Å². The molecule has 0 aliphatic rings. The maximum absolute atomic E-state index is 11.1. The molecule has 16 heavy (non-hydrogen) atoms. The third-order valence-electron chi connectivity index (χ3n) is 2.25. The third-order valence-corrected chi connectivity index (χ3v) is 2.25. The zero-order chi connectivity index (χ0) is 12.1. The van der Waals surface area contributed by atoms with Crippen LogP contribution in [0.4, 0.5) is 0 Å². The summed E-state index contributed by atoms with van der Waals surface area (Å²) in [7, 11) is 3.13. The van der Waals surface area contributed by atoms with Crippen LogP contribution >= 0.6 is 0 Å². The number of rotatable bonds is 6. The number of nitrogens with zero attached hydrogens (tertiary/aromatic N) is 3. The highest BCUT2D eigenvalue weighted by atomic mass is 16.5. The number of ether oxygens (including phenoxy) is 2. The molecule has 0 fully saturated rings. The molecule has 1 aromatic heterocycles. The van der Waals surface area contributed by atoms with E-state index in [1.165, 1.54) is 0 Å². The minimum Gasteiger partial charge on any atom is -0.383 e. The summed E-state index contributed by atoms with van der Waals surface area (Å²) in [5, 5.41) is 7.59. The Labute approximate surface area is 93.5 Å². The van der Waals surface area contributed by atoms with Gasteiger partial charge >= 0.3 is 0 Å². The zero-order valence-electron chi connectivity index (χ0n) is 9.64. The molecule has 1 atom stereocenters. The van der Waals surface area contributed by atoms with Crippen LogP contribution in [0.25, 0.3) is 0 Å². The summed E-state index contributed by atoms with van der Waals surface area (Å²) in [6, 6.07) is 0. The van der Waals surface area contributed by atoms with Gasteiger partial charge in [0.15, 0.2) is 5.69 Å². The second kappa shape index (κ2) is 5.57. The maximum atomic E-state index is 11.1. The van der Waals surface area contributed by atoms with E-state index in [2.05, 4.69) is 10.3 Å². The molecule has 90 valence electrons. The number of hydrogen-bond donors (Lipinski definition) is 1. The van der Waals surface area contributed by atoms with Crippen molar-refractivity contribution < 1.29 is 14.3 Å². The molecular formula is C9H16N4O3. The van der Waals surface area contributed by atoms with E-state index >= 15 is 0 Å². The highest BCUT2D eigenvalue weighted by molar-refractivity contribution is 5.91. The molecule has 0 aliphatic carbocycles. The van der Waals surface area contributed by atoms with Crippen LogP contribution < -0.4 is 5.73 Å². The van der Waals surface area contributed by atoms with Gasteiger partial charge in [-0.05, 0) is 6.92 Å². The number of hydrogen-bond acceptors (Lipinski definition) is 5. The van der Waals surface area contributed by atoms with Gasteiger partial charge in [-0.15, -0.1) is 5.10 Å². The monoisotopic (exact) mass is 228 g/mol. The Morgan fingerprint density at radius 2 is 2.25 bits per heavy atom. The largest absolute Gasteiger partial charge is 0.383 e. The molecule has 0 aromatic carbocycles. The van der Waals surface area contributed by atoms with Crippen molar-refractivity contribution in [1.29, 1.82) is 0 Å². The predicted molar refractivity (Wildman–Crippen MR) is 55.8 cm³/mol. The zero-order valence-corrected chi connectivity index (χ0v) is 9.64. The van der Waals surface area contributed by atoms with Gasteiger partial charge in [0, 0.05) is 14.2 Å². The third kappa shape index (κ3) is 2.56. The molecule has 0 saturated heterocycles. The molecule has 0 saturated carbocycles. The van der Waals surface area contributed by atoms with Gasteiger partial charge in [0.1, 0.15) is 5.69 Å². The summed E-state index contributed by atoms with van der Waals surface area (Å²) >= 11 is 0. The van der Waals surface area contributed by atoms with Crippen LogP contribution in [0.2, 0.25) is 0 Å². The number of carbonyl (C=O) groups is 1. The molecule has 1 unspecified atom stereocenters. The standard InChI is InChI=1S/C9H16N4O3/c1-6(16-3)8-7(9(10)14)11-12-13(8)4-5-15-2/h6H,4-5H2,1-3H3,(H2,10,14). The molecule has 1 amide bonds. The van der Waals surface area contributed by atoms with Crippen LogP contribution in [0.1, 0.15) is 29.2 Å². The lowest BCUT2D eigenvalue weighted by molar-refractivity contribution is 0.0953. The lowest BCUT2D eigenvalue weighted by atomic mass is 10.2. The van der Waals surface area contributed by atoms with Crippen LogP contribution in [0.15, 0.2) is 0 Å². The first-order valence-electron chi connectivity index (χ1n) is 4.86. The number of primary amides is 1. The molecule has 2 N–H and O–H groups in total. The smallest absolute Gasteiger partial charge is 0.271 e. The van der Waals surface area contributed by atoms with Gasteiger partial charge in [-0.2, -0.15) is 0 Å². The Morgan fingerprint density at radius 3 is 2.75 bits per heavy atom. The molecular weight excluding hydrogens is 212 g/mol. The van der Waals surface area contributed by atoms with E-state index in [0.717, 1.165) is 0 Å². The van der Waals surface area contributed by atoms with Crippen molar-refractivity contribution in [2.24, 2.45) is 5.73 Å². The molecule has 0 radical (unpaired) electrons. The summed E-state index contributed by atoms with van der Waals surface area (Å²) in [5.74, 6) is -0.609. The van der Waals surface area contributed by atoms with E-state index in [-0.39, 0.29) is 11.8 Å². The Bertz CT molecular complexity index is 364. The lowest BCUT2D eigenvalue weighted by Gasteiger charge is -2.12. The summed E-state index contributed by atoms with van der Waals surface area (Å²) in [4.78, 5) is 11.1. The average Bonchev–Trinajstić information content (AvgIpc) is 2.69. The van der Waals surface area contributed by atoms with Crippen LogP contribution in [-0.2, 0) is 16.0 Å². The van der Waals surface area contributed by atoms with Crippen LogP contribution in [-0.4, -0.2) is 41.7 Å². The fourth-order valence-electron chi connectivity index (χ4n) is 1.35. The second-order valence-corrected chi connectivity index (χ2v) is 3.28. The summed E-state index contributed by atoms with van der Waals surface area (Å²) < 4.78 is 11.7. The van der Waals surface area contributed by atoms with Crippen molar-refractivity contribution in [1.82, 2.24) is 15.0 Å². The molecule has 1 aromatic rings. The summed E-state index contributed by atoms with van der Waals surface area (Å²) in [6.45, 7) is 2.78. The number of amides is 1. The molecule has 0 bridgehead atoms. The van der Waals surface area contributed by atoms with E-state index in [0.29, 0.717) is 18.8 Å². The molecule has 1 heterocycles. The van der Waals surface area contributed by atoms with Crippen LogP contribution in [0, 0.1) is 0 Å². The second-order valence-electron chi connectivity index (χ2n) is 3.28. The Hall–Kier alpha value is -1.47. The van der Waals surface area contributed by atoms with Crippen molar-refractivity contribution in [2.75, 3.05) is 20.8 Å². The Morgan fingerprint density at radius 1 is 1.56 bits per heavy atom. The molecule has 7 heteroatoms.